The fourth-order valence-corrected chi connectivity index (χ4v) is 2.97. The first kappa shape index (κ1) is 18.0. The van der Waals surface area contributed by atoms with Crippen LogP contribution in [0.3, 0.4) is 0 Å². The van der Waals surface area contributed by atoms with Crippen LogP contribution in [0, 0.1) is 17.8 Å². The Morgan fingerprint density at radius 1 is 1.24 bits per heavy atom. The van der Waals surface area contributed by atoms with E-state index in [4.69, 9.17) is 0 Å². The Morgan fingerprint density at radius 2 is 1.95 bits per heavy atom. The summed E-state index contributed by atoms with van der Waals surface area (Å²) in [6, 6.07) is 0. The lowest BCUT2D eigenvalue weighted by molar-refractivity contribution is -0.125. The van der Waals surface area contributed by atoms with Gasteiger partial charge in [0.1, 0.15) is 5.78 Å². The SMILES string of the molecule is CC1=C=CC[C@H](C)CC(=O)[C@H](C(C)C)CC/C(C)=C\CC1. The zero-order valence-electron chi connectivity index (χ0n) is 14.5. The Kier molecular flexibility index (Phi) is 7.75. The third-order valence-electron chi connectivity index (χ3n) is 4.50. The summed E-state index contributed by atoms with van der Waals surface area (Å²) in [6.45, 7) is 10.9. The highest BCUT2D eigenvalue weighted by atomic mass is 16.1. The predicted molar refractivity (Wildman–Crippen MR) is 91.2 cm³/mol. The molecule has 0 amide bonds. The molecule has 21 heavy (non-hydrogen) atoms. The molecule has 0 spiro atoms. The molecule has 0 aromatic carbocycles. The molecular weight excluding hydrogens is 256 g/mol. The van der Waals surface area contributed by atoms with Gasteiger partial charge >= 0.3 is 0 Å². The molecule has 1 nitrogen and oxygen atoms in total. The van der Waals surface area contributed by atoms with Crippen LogP contribution in [0.15, 0.2) is 29.0 Å². The molecule has 2 atom stereocenters. The number of allylic oxidation sites excluding steroid dienone is 3. The molecule has 0 fully saturated rings. The molecule has 1 aliphatic carbocycles. The van der Waals surface area contributed by atoms with Crippen LogP contribution >= 0.6 is 0 Å². The van der Waals surface area contributed by atoms with Crippen LogP contribution in [0.1, 0.15) is 73.1 Å². The lowest BCUT2D eigenvalue weighted by Crippen LogP contribution is -2.22. The molecule has 1 aliphatic rings. The van der Waals surface area contributed by atoms with E-state index in [-0.39, 0.29) is 5.92 Å². The molecule has 0 aromatic heterocycles. The van der Waals surface area contributed by atoms with Gasteiger partial charge in [0.2, 0.25) is 0 Å². The average molecular weight is 288 g/mol. The van der Waals surface area contributed by atoms with Crippen molar-refractivity contribution in [2.45, 2.75) is 73.1 Å². The number of Topliss-reactive ketones (excluding diaryl/α,β-unsaturated/α-hetero) is 1. The Balaban J connectivity index is 2.88. The van der Waals surface area contributed by atoms with Crippen LogP contribution in [-0.4, -0.2) is 5.78 Å². The smallest absolute Gasteiger partial charge is 0.136 e. The maximum absolute atomic E-state index is 12.5. The highest BCUT2D eigenvalue weighted by Gasteiger charge is 2.23. The largest absolute Gasteiger partial charge is 0.299 e. The minimum Gasteiger partial charge on any atom is -0.299 e. The Hall–Kier alpha value is -1.07. The first-order valence-electron chi connectivity index (χ1n) is 8.49. The maximum atomic E-state index is 12.5. The van der Waals surface area contributed by atoms with Gasteiger partial charge in [-0.1, -0.05) is 32.4 Å². The highest BCUT2D eigenvalue weighted by molar-refractivity contribution is 5.81. The van der Waals surface area contributed by atoms with Crippen LogP contribution in [-0.2, 0) is 4.79 Å². The zero-order valence-corrected chi connectivity index (χ0v) is 14.5. The van der Waals surface area contributed by atoms with Crippen molar-refractivity contribution in [3.63, 3.8) is 0 Å². The van der Waals surface area contributed by atoms with Gasteiger partial charge in [0.05, 0.1) is 0 Å². The van der Waals surface area contributed by atoms with Gasteiger partial charge in [-0.25, -0.2) is 0 Å². The minimum absolute atomic E-state index is 0.222. The molecule has 1 heteroatoms. The van der Waals surface area contributed by atoms with Crippen molar-refractivity contribution in [3.05, 3.63) is 29.0 Å². The molecule has 0 heterocycles. The summed E-state index contributed by atoms with van der Waals surface area (Å²) < 4.78 is 0. The van der Waals surface area contributed by atoms with Crippen LogP contribution in [0.25, 0.3) is 0 Å². The van der Waals surface area contributed by atoms with Gasteiger partial charge < -0.3 is 0 Å². The molecule has 0 aromatic rings. The fourth-order valence-electron chi connectivity index (χ4n) is 2.97. The van der Waals surface area contributed by atoms with E-state index in [0.29, 0.717) is 24.0 Å². The molecule has 0 saturated carbocycles. The van der Waals surface area contributed by atoms with Gasteiger partial charge in [0.25, 0.3) is 0 Å². The Labute approximate surface area is 131 Å². The number of carbonyl (C=O) groups is 1. The van der Waals surface area contributed by atoms with Crippen molar-refractivity contribution in [1.82, 2.24) is 0 Å². The number of carbonyl (C=O) groups excluding carboxylic acids is 1. The highest BCUT2D eigenvalue weighted by Crippen LogP contribution is 2.25. The summed E-state index contributed by atoms with van der Waals surface area (Å²) in [7, 11) is 0. The first-order valence-corrected chi connectivity index (χ1v) is 8.49. The molecule has 1 rings (SSSR count). The number of rotatable bonds is 1. The minimum atomic E-state index is 0.222. The lowest BCUT2D eigenvalue weighted by atomic mass is 9.82. The van der Waals surface area contributed by atoms with Crippen LogP contribution in [0.4, 0.5) is 0 Å². The second-order valence-corrected chi connectivity index (χ2v) is 7.12. The summed E-state index contributed by atoms with van der Waals surface area (Å²) >= 11 is 0. The summed E-state index contributed by atoms with van der Waals surface area (Å²) in [5, 5.41) is 0. The van der Waals surface area contributed by atoms with Crippen molar-refractivity contribution in [1.29, 1.82) is 0 Å². The molecule has 118 valence electrons. The van der Waals surface area contributed by atoms with Gasteiger partial charge in [-0.2, -0.15) is 0 Å². The number of hydrogen-bond acceptors (Lipinski definition) is 1. The molecule has 0 radical (unpaired) electrons. The summed E-state index contributed by atoms with van der Waals surface area (Å²) in [6.07, 6.45) is 10.4. The summed E-state index contributed by atoms with van der Waals surface area (Å²) in [5.74, 6) is 1.55. The lowest BCUT2D eigenvalue weighted by Gasteiger charge is -2.21. The fraction of sp³-hybridized carbons (Fsp3) is 0.700. The second-order valence-electron chi connectivity index (χ2n) is 7.12. The molecule has 0 N–H and O–H groups in total. The standard InChI is InChI=1S/C20H32O/c1-15(2)19-13-12-17(4)10-6-8-16(3)9-7-11-18(5)14-20(19)21/h7,10,15,18-19H,6,8,11-14H2,1-5H3/b17-10-/t9?,18-,19-/m0/s1. The Morgan fingerprint density at radius 3 is 2.62 bits per heavy atom. The summed E-state index contributed by atoms with van der Waals surface area (Å²) in [5.41, 5.74) is 6.12. The topological polar surface area (TPSA) is 17.1 Å². The quantitative estimate of drug-likeness (QED) is 0.436. The number of hydrogen-bond donors (Lipinski definition) is 0. The number of ketones is 1. The molecule has 0 bridgehead atoms. The van der Waals surface area contributed by atoms with E-state index < -0.39 is 0 Å². The normalized spacial score (nSPS) is 28.8. The third kappa shape index (κ3) is 6.96. The van der Waals surface area contributed by atoms with Gasteiger partial charge in [-0.15, -0.1) is 5.73 Å². The van der Waals surface area contributed by atoms with E-state index in [1.807, 2.05) is 0 Å². The van der Waals surface area contributed by atoms with Crippen molar-refractivity contribution in [2.75, 3.05) is 0 Å². The van der Waals surface area contributed by atoms with Crippen LogP contribution in [0.2, 0.25) is 0 Å². The van der Waals surface area contributed by atoms with Crippen LogP contribution in [0.5, 0.6) is 0 Å². The maximum Gasteiger partial charge on any atom is 0.136 e. The van der Waals surface area contributed by atoms with E-state index in [9.17, 15) is 4.79 Å². The van der Waals surface area contributed by atoms with Gasteiger partial charge in [0, 0.05) is 12.3 Å². The molecule has 0 unspecified atom stereocenters. The average Bonchev–Trinajstić information content (AvgIpc) is 2.37. The molecule has 0 saturated heterocycles. The van der Waals surface area contributed by atoms with Crippen molar-refractivity contribution in [3.8, 4) is 0 Å². The van der Waals surface area contributed by atoms with E-state index in [1.54, 1.807) is 0 Å². The van der Waals surface area contributed by atoms with E-state index in [2.05, 4.69) is 52.5 Å². The van der Waals surface area contributed by atoms with Crippen molar-refractivity contribution in [2.24, 2.45) is 17.8 Å². The van der Waals surface area contributed by atoms with Gasteiger partial charge in [-0.3, -0.25) is 4.79 Å². The monoisotopic (exact) mass is 288 g/mol. The van der Waals surface area contributed by atoms with Gasteiger partial charge in [0.15, 0.2) is 0 Å². The van der Waals surface area contributed by atoms with Crippen molar-refractivity contribution < 1.29 is 4.79 Å². The molecular formula is C20H32O. The van der Waals surface area contributed by atoms with Gasteiger partial charge in [-0.05, 0) is 69.4 Å². The van der Waals surface area contributed by atoms with Crippen molar-refractivity contribution >= 4 is 5.78 Å². The second kappa shape index (κ2) is 9.05. The van der Waals surface area contributed by atoms with E-state index in [0.717, 1.165) is 32.1 Å². The Bertz CT molecular complexity index is 433. The third-order valence-corrected chi connectivity index (χ3v) is 4.50. The van der Waals surface area contributed by atoms with Crippen LogP contribution < -0.4 is 0 Å². The zero-order chi connectivity index (χ0) is 15.8. The van der Waals surface area contributed by atoms with E-state index in [1.165, 1.54) is 11.1 Å². The summed E-state index contributed by atoms with van der Waals surface area (Å²) in [4.78, 5) is 12.5. The van der Waals surface area contributed by atoms with E-state index >= 15 is 0 Å². The molecule has 0 aliphatic heterocycles. The predicted octanol–water partition coefficient (Wildman–Crippen LogP) is 5.87. The first-order chi connectivity index (χ1) is 9.90.